The number of nitrogens with zero attached hydrogens (tertiary/aromatic N) is 1. The second kappa shape index (κ2) is 7.64. The Hall–Kier alpha value is -3.72. The summed E-state index contributed by atoms with van der Waals surface area (Å²) in [6.07, 6.45) is 1.85. The van der Waals surface area contributed by atoms with Gasteiger partial charge in [-0.3, -0.25) is 4.98 Å². The van der Waals surface area contributed by atoms with E-state index in [1.165, 1.54) is 0 Å². The number of fused-ring (bicyclic) bond motifs is 4. The predicted octanol–water partition coefficient (Wildman–Crippen LogP) is 6.69. The zero-order valence-electron chi connectivity index (χ0n) is 18.9. The summed E-state index contributed by atoms with van der Waals surface area (Å²) in [5, 5.41) is 3.18. The fraction of sp³-hybridized carbons (Fsp3) is 0.0333. The standard InChI is InChI=1S/C30H20NO2PS/c1-19-15-22(13-14-31-19)20-7-6-8-21(16-20)23-17-26-30-27(18-23)33-25-10-3-5-12-29(25)34(30,35)28-11-4-2-9-24(28)32-26/h2-18H,1H3. The predicted molar refractivity (Wildman–Crippen MR) is 146 cm³/mol. The molecule has 0 aliphatic carbocycles. The molecule has 7 rings (SSSR count). The molecule has 2 aliphatic rings. The molecule has 0 fully saturated rings. The lowest BCUT2D eigenvalue weighted by atomic mass is 9.99. The molecular formula is C30H20NO2PS. The van der Waals surface area contributed by atoms with Crippen LogP contribution in [0.5, 0.6) is 23.0 Å². The maximum atomic E-state index is 6.56. The van der Waals surface area contributed by atoms with Crippen molar-refractivity contribution in [3.8, 4) is 45.3 Å². The molecule has 5 heteroatoms. The average Bonchev–Trinajstić information content (AvgIpc) is 2.89. The Balaban J connectivity index is 1.44. The van der Waals surface area contributed by atoms with Crippen molar-refractivity contribution in [3.63, 3.8) is 0 Å². The molecular weight excluding hydrogens is 469 g/mol. The molecule has 3 nitrogen and oxygen atoms in total. The molecule has 35 heavy (non-hydrogen) atoms. The molecule has 0 saturated heterocycles. The van der Waals surface area contributed by atoms with Gasteiger partial charge in [0.15, 0.2) is 0 Å². The Bertz CT molecular complexity index is 1640. The van der Waals surface area contributed by atoms with Crippen LogP contribution in [-0.2, 0) is 11.8 Å². The SMILES string of the molecule is Cc1cc(-c2cccc(-c3cc4c5c(c3)Oc3ccccc3P5(=S)c3ccccc3O4)c2)ccn1. The van der Waals surface area contributed by atoms with Crippen molar-refractivity contribution >= 4 is 33.8 Å². The van der Waals surface area contributed by atoms with Crippen LogP contribution in [0.1, 0.15) is 5.69 Å². The molecule has 0 unspecified atom stereocenters. The van der Waals surface area contributed by atoms with Gasteiger partial charge in [-0.1, -0.05) is 54.3 Å². The van der Waals surface area contributed by atoms with E-state index in [4.69, 9.17) is 21.3 Å². The molecule has 0 bridgehead atoms. The number of pyridine rings is 1. The summed E-state index contributed by atoms with van der Waals surface area (Å²) in [6, 6.07) is 30.9. The summed E-state index contributed by atoms with van der Waals surface area (Å²) in [5.74, 6) is 3.26. The first-order chi connectivity index (χ1) is 17.1. The normalized spacial score (nSPS) is 14.1. The van der Waals surface area contributed by atoms with Gasteiger partial charge in [0.05, 0.1) is 11.3 Å². The van der Waals surface area contributed by atoms with E-state index >= 15 is 0 Å². The molecule has 3 heterocycles. The number of aromatic nitrogens is 1. The van der Waals surface area contributed by atoms with Gasteiger partial charge in [0, 0.05) is 22.5 Å². The molecule has 1 aromatic heterocycles. The maximum absolute atomic E-state index is 6.56. The summed E-state index contributed by atoms with van der Waals surface area (Å²) in [6.45, 7) is 2.01. The van der Waals surface area contributed by atoms with E-state index in [1.807, 2.05) is 55.6 Å². The average molecular weight is 490 g/mol. The largest absolute Gasteiger partial charge is 0.456 e. The number of ether oxygens (including phenoxy) is 2. The van der Waals surface area contributed by atoms with Gasteiger partial charge in [0.1, 0.15) is 23.0 Å². The third kappa shape index (κ3) is 3.11. The van der Waals surface area contributed by atoms with Crippen LogP contribution in [0.15, 0.2) is 103 Å². The van der Waals surface area contributed by atoms with Crippen molar-refractivity contribution < 1.29 is 9.47 Å². The first kappa shape index (κ1) is 20.6. The number of para-hydroxylation sites is 2. The van der Waals surface area contributed by atoms with Crippen LogP contribution in [0.2, 0.25) is 0 Å². The van der Waals surface area contributed by atoms with Gasteiger partial charge in [0.2, 0.25) is 0 Å². The second-order valence-electron chi connectivity index (χ2n) is 8.84. The lowest BCUT2D eigenvalue weighted by Crippen LogP contribution is -2.34. The second-order valence-corrected chi connectivity index (χ2v) is 13.1. The fourth-order valence-corrected chi connectivity index (χ4v) is 9.51. The van der Waals surface area contributed by atoms with Crippen LogP contribution >= 0.6 is 6.04 Å². The lowest BCUT2D eigenvalue weighted by Gasteiger charge is -2.37. The minimum Gasteiger partial charge on any atom is -0.456 e. The fourth-order valence-electron chi connectivity index (χ4n) is 5.03. The molecule has 0 amide bonds. The summed E-state index contributed by atoms with van der Waals surface area (Å²) >= 11 is 6.56. The van der Waals surface area contributed by atoms with E-state index in [1.54, 1.807) is 0 Å². The Morgan fingerprint density at radius 3 is 1.80 bits per heavy atom. The minimum absolute atomic E-state index is 0.791. The van der Waals surface area contributed by atoms with Crippen LogP contribution in [0, 0.1) is 6.92 Å². The summed E-state index contributed by atoms with van der Waals surface area (Å²) in [4.78, 5) is 4.33. The monoisotopic (exact) mass is 489 g/mol. The van der Waals surface area contributed by atoms with Gasteiger partial charge >= 0.3 is 0 Å². The van der Waals surface area contributed by atoms with Gasteiger partial charge in [-0.15, -0.1) is 0 Å². The van der Waals surface area contributed by atoms with E-state index in [-0.39, 0.29) is 0 Å². The maximum Gasteiger partial charge on any atom is 0.140 e. The highest BCUT2D eigenvalue weighted by Gasteiger charge is 2.42. The molecule has 168 valence electrons. The molecule has 0 spiro atoms. The number of rotatable bonds is 2. The van der Waals surface area contributed by atoms with Gasteiger partial charge in [-0.2, -0.15) is 0 Å². The summed E-state index contributed by atoms with van der Waals surface area (Å²) in [7, 11) is 0. The van der Waals surface area contributed by atoms with Gasteiger partial charge in [0.25, 0.3) is 0 Å². The van der Waals surface area contributed by atoms with Gasteiger partial charge in [-0.05, 0) is 83.8 Å². The van der Waals surface area contributed by atoms with Crippen molar-refractivity contribution in [2.75, 3.05) is 0 Å². The van der Waals surface area contributed by atoms with Crippen molar-refractivity contribution in [3.05, 3.63) is 109 Å². The van der Waals surface area contributed by atoms with Crippen LogP contribution < -0.4 is 25.4 Å². The Morgan fingerprint density at radius 2 is 1.17 bits per heavy atom. The topological polar surface area (TPSA) is 31.4 Å². The van der Waals surface area contributed by atoms with E-state index in [9.17, 15) is 0 Å². The van der Waals surface area contributed by atoms with Crippen molar-refractivity contribution in [1.29, 1.82) is 0 Å². The first-order valence-electron chi connectivity index (χ1n) is 11.5. The van der Waals surface area contributed by atoms with Gasteiger partial charge in [-0.25, -0.2) is 0 Å². The van der Waals surface area contributed by atoms with E-state index in [0.717, 1.165) is 66.9 Å². The van der Waals surface area contributed by atoms with Crippen molar-refractivity contribution in [2.45, 2.75) is 6.92 Å². The minimum atomic E-state index is -2.31. The van der Waals surface area contributed by atoms with Crippen LogP contribution in [0.4, 0.5) is 0 Å². The lowest BCUT2D eigenvalue weighted by molar-refractivity contribution is 0.467. The summed E-state index contributed by atoms with van der Waals surface area (Å²) < 4.78 is 12.9. The van der Waals surface area contributed by atoms with Crippen molar-refractivity contribution in [1.82, 2.24) is 4.98 Å². The van der Waals surface area contributed by atoms with Crippen LogP contribution in [0.3, 0.4) is 0 Å². The number of hydrogen-bond donors (Lipinski definition) is 0. The molecule has 0 saturated carbocycles. The molecule has 4 aromatic carbocycles. The van der Waals surface area contributed by atoms with E-state index in [0.29, 0.717) is 0 Å². The third-order valence-corrected chi connectivity index (χ3v) is 11.5. The summed E-state index contributed by atoms with van der Waals surface area (Å²) in [5.41, 5.74) is 5.41. The number of aryl methyl sites for hydroxylation is 1. The Kier molecular flexibility index (Phi) is 4.51. The van der Waals surface area contributed by atoms with Crippen LogP contribution in [-0.4, -0.2) is 4.98 Å². The zero-order chi connectivity index (χ0) is 23.6. The quantitative estimate of drug-likeness (QED) is 0.253. The first-order valence-corrected chi connectivity index (χ1v) is 14.3. The third-order valence-electron chi connectivity index (χ3n) is 6.63. The molecule has 2 aliphatic heterocycles. The molecule has 0 radical (unpaired) electrons. The van der Waals surface area contributed by atoms with Crippen LogP contribution in [0.25, 0.3) is 22.3 Å². The van der Waals surface area contributed by atoms with E-state index < -0.39 is 6.04 Å². The molecule has 5 aromatic rings. The molecule has 0 atom stereocenters. The zero-order valence-corrected chi connectivity index (χ0v) is 20.6. The Labute approximate surface area is 209 Å². The number of hydrogen-bond acceptors (Lipinski definition) is 4. The van der Waals surface area contributed by atoms with E-state index in [2.05, 4.69) is 59.6 Å². The highest BCUT2D eigenvalue weighted by atomic mass is 32.4. The smallest absolute Gasteiger partial charge is 0.140 e. The van der Waals surface area contributed by atoms with Gasteiger partial charge < -0.3 is 9.47 Å². The number of benzene rings is 4. The Morgan fingerprint density at radius 1 is 0.600 bits per heavy atom. The molecule has 0 N–H and O–H groups in total. The highest BCUT2D eigenvalue weighted by Crippen LogP contribution is 2.59. The van der Waals surface area contributed by atoms with Crippen molar-refractivity contribution in [2.24, 2.45) is 0 Å². The highest BCUT2D eigenvalue weighted by molar-refractivity contribution is 8.26.